The van der Waals surface area contributed by atoms with Gasteiger partial charge in [0.25, 0.3) is 0 Å². The SMILES string of the molecule is CCCC1=NN(C)CCN1C. The van der Waals surface area contributed by atoms with Crippen LogP contribution in [-0.2, 0) is 0 Å². The van der Waals surface area contributed by atoms with E-state index >= 15 is 0 Å². The number of amidine groups is 1. The van der Waals surface area contributed by atoms with Crippen LogP contribution in [0.15, 0.2) is 5.10 Å². The van der Waals surface area contributed by atoms with Crippen molar-refractivity contribution in [1.29, 1.82) is 0 Å². The Morgan fingerprint density at radius 1 is 1.36 bits per heavy atom. The Bertz CT molecular complexity index is 153. The first-order chi connectivity index (χ1) is 5.24. The minimum Gasteiger partial charge on any atom is -0.360 e. The summed E-state index contributed by atoms with van der Waals surface area (Å²) in [5.41, 5.74) is 0. The fourth-order valence-corrected chi connectivity index (χ4v) is 1.21. The monoisotopic (exact) mass is 155 g/mol. The van der Waals surface area contributed by atoms with Gasteiger partial charge >= 0.3 is 0 Å². The molecule has 0 radical (unpaired) electrons. The Labute approximate surface area is 68.7 Å². The first kappa shape index (κ1) is 8.37. The van der Waals surface area contributed by atoms with Crippen LogP contribution in [0.4, 0.5) is 0 Å². The van der Waals surface area contributed by atoms with Crippen LogP contribution in [0, 0.1) is 0 Å². The van der Waals surface area contributed by atoms with Crippen LogP contribution in [0.2, 0.25) is 0 Å². The van der Waals surface area contributed by atoms with E-state index in [9.17, 15) is 0 Å². The molecule has 0 aromatic rings. The molecule has 0 amide bonds. The van der Waals surface area contributed by atoms with Crippen molar-refractivity contribution in [2.75, 3.05) is 27.2 Å². The van der Waals surface area contributed by atoms with E-state index in [2.05, 4.69) is 24.0 Å². The summed E-state index contributed by atoms with van der Waals surface area (Å²) in [5.74, 6) is 1.22. The molecule has 0 fully saturated rings. The molecule has 1 aliphatic rings. The summed E-state index contributed by atoms with van der Waals surface area (Å²) >= 11 is 0. The Morgan fingerprint density at radius 3 is 2.73 bits per heavy atom. The molecule has 0 N–H and O–H groups in total. The van der Waals surface area contributed by atoms with Crippen LogP contribution in [0.1, 0.15) is 19.8 Å². The van der Waals surface area contributed by atoms with Gasteiger partial charge in [0.15, 0.2) is 0 Å². The van der Waals surface area contributed by atoms with Crippen molar-refractivity contribution in [3.8, 4) is 0 Å². The summed E-state index contributed by atoms with van der Waals surface area (Å²) in [5, 5.41) is 6.45. The zero-order valence-corrected chi connectivity index (χ0v) is 7.67. The molecule has 0 aliphatic carbocycles. The minimum absolute atomic E-state index is 1.05. The molecule has 3 nitrogen and oxygen atoms in total. The predicted molar refractivity (Wildman–Crippen MR) is 47.6 cm³/mol. The van der Waals surface area contributed by atoms with E-state index < -0.39 is 0 Å². The summed E-state index contributed by atoms with van der Waals surface area (Å²) in [4.78, 5) is 2.24. The van der Waals surface area contributed by atoms with Crippen LogP contribution >= 0.6 is 0 Å². The molecule has 0 atom stereocenters. The lowest BCUT2D eigenvalue weighted by molar-refractivity contribution is 0.277. The lowest BCUT2D eigenvalue weighted by Crippen LogP contribution is -2.39. The molecule has 0 aromatic heterocycles. The Hall–Kier alpha value is -0.730. The highest BCUT2D eigenvalue weighted by atomic mass is 15.5. The van der Waals surface area contributed by atoms with Crippen LogP contribution < -0.4 is 0 Å². The smallest absolute Gasteiger partial charge is 0.124 e. The second-order valence-electron chi connectivity index (χ2n) is 3.07. The normalized spacial score (nSPS) is 18.6. The van der Waals surface area contributed by atoms with E-state index in [0.29, 0.717) is 0 Å². The van der Waals surface area contributed by atoms with Crippen molar-refractivity contribution in [1.82, 2.24) is 9.91 Å². The van der Waals surface area contributed by atoms with Gasteiger partial charge in [-0.3, -0.25) is 5.01 Å². The molecule has 0 spiro atoms. The number of likely N-dealkylation sites (N-methyl/N-ethyl adjacent to an activating group) is 2. The van der Waals surface area contributed by atoms with Gasteiger partial charge in [0, 0.05) is 27.1 Å². The largest absolute Gasteiger partial charge is 0.360 e. The second-order valence-corrected chi connectivity index (χ2v) is 3.07. The average Bonchev–Trinajstić information content (AvgIpc) is 1.98. The number of hydrogen-bond donors (Lipinski definition) is 0. The Morgan fingerprint density at radius 2 is 2.09 bits per heavy atom. The van der Waals surface area contributed by atoms with E-state index in [1.165, 1.54) is 12.3 Å². The van der Waals surface area contributed by atoms with Crippen LogP contribution in [-0.4, -0.2) is 42.9 Å². The summed E-state index contributed by atoms with van der Waals surface area (Å²) in [7, 11) is 4.14. The fraction of sp³-hybridized carbons (Fsp3) is 0.875. The highest BCUT2D eigenvalue weighted by Crippen LogP contribution is 2.04. The third-order valence-electron chi connectivity index (χ3n) is 1.96. The van der Waals surface area contributed by atoms with Gasteiger partial charge in [-0.2, -0.15) is 5.10 Å². The summed E-state index contributed by atoms with van der Waals surface area (Å²) < 4.78 is 0. The lowest BCUT2D eigenvalue weighted by atomic mass is 10.3. The molecule has 0 saturated carbocycles. The topological polar surface area (TPSA) is 18.8 Å². The molecule has 64 valence electrons. The molecule has 0 aromatic carbocycles. The second kappa shape index (κ2) is 3.60. The first-order valence-corrected chi connectivity index (χ1v) is 4.23. The molecule has 1 aliphatic heterocycles. The predicted octanol–water partition coefficient (Wildman–Crippen LogP) is 0.977. The summed E-state index contributed by atoms with van der Waals surface area (Å²) in [6, 6.07) is 0. The Balaban J connectivity index is 2.56. The van der Waals surface area contributed by atoms with Gasteiger partial charge in [-0.15, -0.1) is 0 Å². The van der Waals surface area contributed by atoms with E-state index in [0.717, 1.165) is 19.5 Å². The fourth-order valence-electron chi connectivity index (χ4n) is 1.21. The third kappa shape index (κ3) is 2.10. The highest BCUT2D eigenvalue weighted by Gasteiger charge is 2.12. The van der Waals surface area contributed by atoms with Crippen LogP contribution in [0.5, 0.6) is 0 Å². The van der Waals surface area contributed by atoms with E-state index in [1.54, 1.807) is 0 Å². The highest BCUT2D eigenvalue weighted by molar-refractivity contribution is 5.82. The summed E-state index contributed by atoms with van der Waals surface area (Å²) in [6.45, 7) is 4.34. The standard InChI is InChI=1S/C8H17N3/c1-4-5-8-9-11(3)7-6-10(8)2/h4-7H2,1-3H3. The van der Waals surface area contributed by atoms with Gasteiger partial charge in [0.2, 0.25) is 0 Å². The van der Waals surface area contributed by atoms with Crippen molar-refractivity contribution in [2.24, 2.45) is 5.10 Å². The quantitative estimate of drug-likeness (QED) is 0.592. The van der Waals surface area contributed by atoms with Crippen molar-refractivity contribution < 1.29 is 0 Å². The van der Waals surface area contributed by atoms with E-state index in [1.807, 2.05) is 12.1 Å². The third-order valence-corrected chi connectivity index (χ3v) is 1.96. The van der Waals surface area contributed by atoms with Gasteiger partial charge in [-0.1, -0.05) is 6.92 Å². The zero-order valence-electron chi connectivity index (χ0n) is 7.67. The first-order valence-electron chi connectivity index (χ1n) is 4.23. The van der Waals surface area contributed by atoms with Gasteiger partial charge in [0.05, 0.1) is 6.54 Å². The maximum atomic E-state index is 4.43. The van der Waals surface area contributed by atoms with Crippen molar-refractivity contribution in [3.05, 3.63) is 0 Å². The molecule has 11 heavy (non-hydrogen) atoms. The maximum absolute atomic E-state index is 4.43. The summed E-state index contributed by atoms with van der Waals surface area (Å²) in [6.07, 6.45) is 2.28. The van der Waals surface area contributed by atoms with Gasteiger partial charge in [-0.05, 0) is 6.42 Å². The Kier molecular flexibility index (Phi) is 2.74. The van der Waals surface area contributed by atoms with Crippen LogP contribution in [0.3, 0.4) is 0 Å². The van der Waals surface area contributed by atoms with Gasteiger partial charge in [0.1, 0.15) is 5.84 Å². The molecule has 0 saturated heterocycles. The van der Waals surface area contributed by atoms with Crippen molar-refractivity contribution >= 4 is 5.84 Å². The van der Waals surface area contributed by atoms with Crippen molar-refractivity contribution in [3.63, 3.8) is 0 Å². The molecular formula is C8H17N3. The van der Waals surface area contributed by atoms with E-state index in [4.69, 9.17) is 0 Å². The van der Waals surface area contributed by atoms with E-state index in [-0.39, 0.29) is 0 Å². The number of hydrazone groups is 1. The number of hydrogen-bond acceptors (Lipinski definition) is 3. The molecular weight excluding hydrogens is 138 g/mol. The molecule has 0 bridgehead atoms. The zero-order chi connectivity index (χ0) is 8.27. The molecule has 3 heteroatoms. The van der Waals surface area contributed by atoms with Crippen LogP contribution in [0.25, 0.3) is 0 Å². The average molecular weight is 155 g/mol. The van der Waals surface area contributed by atoms with Gasteiger partial charge in [-0.25, -0.2) is 0 Å². The maximum Gasteiger partial charge on any atom is 0.124 e. The molecule has 1 rings (SSSR count). The molecule has 1 heterocycles. The number of rotatable bonds is 2. The number of nitrogens with zero attached hydrogens (tertiary/aromatic N) is 3. The lowest BCUT2D eigenvalue weighted by Gasteiger charge is -2.30. The molecule has 0 unspecified atom stereocenters. The minimum atomic E-state index is 1.05. The van der Waals surface area contributed by atoms with Crippen molar-refractivity contribution in [2.45, 2.75) is 19.8 Å². The van der Waals surface area contributed by atoms with Gasteiger partial charge < -0.3 is 4.90 Å².